The number of benzene rings is 2. The van der Waals surface area contributed by atoms with Crippen molar-refractivity contribution in [2.45, 2.75) is 26.9 Å². The molecular formula is C26H29Cl2N5O3. The molecule has 0 aliphatic rings. The number of likely N-dealkylation sites (N-methyl/N-ethyl adjacent to an activating group) is 1. The van der Waals surface area contributed by atoms with E-state index in [-0.39, 0.29) is 23.7 Å². The Bertz CT molecular complexity index is 1460. The van der Waals surface area contributed by atoms with Gasteiger partial charge in [0.05, 0.1) is 34.3 Å². The first kappa shape index (κ1) is 26.2. The van der Waals surface area contributed by atoms with E-state index in [1.165, 1.54) is 0 Å². The first-order valence-corrected chi connectivity index (χ1v) is 12.7. The van der Waals surface area contributed by atoms with E-state index < -0.39 is 0 Å². The highest BCUT2D eigenvalue weighted by molar-refractivity contribution is 6.42. The molecule has 4 rings (SSSR count). The number of nitrogens with two attached hydrogens (primary N) is 1. The minimum Gasteiger partial charge on any atom is -0.378 e. The quantitative estimate of drug-likeness (QED) is 0.311. The molecule has 36 heavy (non-hydrogen) atoms. The highest BCUT2D eigenvalue weighted by atomic mass is 35.5. The van der Waals surface area contributed by atoms with Crippen LogP contribution in [0.1, 0.15) is 13.8 Å². The lowest BCUT2D eigenvalue weighted by molar-refractivity contribution is -0.131. The monoisotopic (exact) mass is 529 g/mol. The smallest absolute Gasteiger partial charge is 0.277 e. The second-order valence-corrected chi connectivity index (χ2v) is 9.14. The topological polar surface area (TPSA) is 95.4 Å². The molecule has 0 spiro atoms. The van der Waals surface area contributed by atoms with Crippen LogP contribution in [0.4, 0.5) is 0 Å². The Balaban J connectivity index is 1.89. The molecule has 1 amide bonds. The van der Waals surface area contributed by atoms with Crippen LogP contribution in [0.3, 0.4) is 0 Å². The summed E-state index contributed by atoms with van der Waals surface area (Å²) < 4.78 is 9.02. The number of amides is 1. The zero-order valence-electron chi connectivity index (χ0n) is 20.3. The molecular weight excluding hydrogens is 501 g/mol. The Hall–Kier alpha value is -2.91. The van der Waals surface area contributed by atoms with Gasteiger partial charge in [-0.05, 0) is 32.0 Å². The predicted octanol–water partition coefficient (Wildman–Crippen LogP) is 4.17. The molecule has 4 aromatic rings. The standard InChI is InChI=1S/C26H29Cl2N5O3/c1-3-31(4-2)24(34)16-32-15-18(17-7-5-6-8-22(17)32)25-26(35)33(10-12-36-11-9-29)23-14-20(28)19(27)13-21(23)30-25/h5-8,13-15H,3-4,9-12,16,29H2,1-2H3. The van der Waals surface area contributed by atoms with Crippen LogP contribution in [0.15, 0.2) is 47.4 Å². The molecule has 0 saturated carbocycles. The third-order valence-corrected chi connectivity index (χ3v) is 6.90. The maximum atomic E-state index is 13.8. The summed E-state index contributed by atoms with van der Waals surface area (Å²) in [6, 6.07) is 11.0. The molecule has 0 saturated heterocycles. The maximum Gasteiger partial charge on any atom is 0.277 e. The SMILES string of the molecule is CCN(CC)C(=O)Cn1cc(-c2nc3cc(Cl)c(Cl)cc3n(CCOCCN)c2=O)c2ccccc21. The van der Waals surface area contributed by atoms with Crippen LogP contribution < -0.4 is 11.3 Å². The van der Waals surface area contributed by atoms with Gasteiger partial charge in [0.15, 0.2) is 0 Å². The zero-order chi connectivity index (χ0) is 25.8. The van der Waals surface area contributed by atoms with Gasteiger partial charge in [-0.15, -0.1) is 0 Å². The number of ether oxygens (including phenoxy) is 1. The van der Waals surface area contributed by atoms with Crippen LogP contribution in [-0.4, -0.2) is 57.8 Å². The third kappa shape index (κ3) is 5.13. The number of hydrogen-bond donors (Lipinski definition) is 1. The van der Waals surface area contributed by atoms with E-state index in [9.17, 15) is 9.59 Å². The van der Waals surface area contributed by atoms with E-state index >= 15 is 0 Å². The molecule has 0 bridgehead atoms. The molecule has 0 aliphatic heterocycles. The van der Waals surface area contributed by atoms with Crippen molar-refractivity contribution in [3.8, 4) is 11.3 Å². The molecule has 190 valence electrons. The molecule has 0 aliphatic carbocycles. The summed E-state index contributed by atoms with van der Waals surface area (Å²) in [4.78, 5) is 33.2. The molecule has 8 nitrogen and oxygen atoms in total. The molecule has 2 aromatic carbocycles. The highest BCUT2D eigenvalue weighted by Crippen LogP contribution is 2.31. The highest BCUT2D eigenvalue weighted by Gasteiger charge is 2.20. The fraction of sp³-hybridized carbons (Fsp3) is 0.346. The minimum absolute atomic E-state index is 0.00895. The van der Waals surface area contributed by atoms with Gasteiger partial charge in [0.25, 0.3) is 5.56 Å². The van der Waals surface area contributed by atoms with Crippen molar-refractivity contribution in [2.24, 2.45) is 5.73 Å². The largest absolute Gasteiger partial charge is 0.378 e. The van der Waals surface area contributed by atoms with Crippen molar-refractivity contribution in [2.75, 3.05) is 32.8 Å². The van der Waals surface area contributed by atoms with E-state index in [1.807, 2.05) is 48.9 Å². The molecule has 2 heterocycles. The second kappa shape index (κ2) is 11.4. The Labute approximate surface area is 219 Å². The molecule has 2 aromatic heterocycles. The molecule has 0 fully saturated rings. The van der Waals surface area contributed by atoms with Crippen LogP contribution in [0.25, 0.3) is 33.2 Å². The Morgan fingerprint density at radius 2 is 1.81 bits per heavy atom. The van der Waals surface area contributed by atoms with E-state index in [0.717, 1.165) is 10.9 Å². The van der Waals surface area contributed by atoms with Crippen LogP contribution in [0, 0.1) is 0 Å². The lowest BCUT2D eigenvalue weighted by Gasteiger charge is -2.19. The fourth-order valence-electron chi connectivity index (χ4n) is 4.36. The van der Waals surface area contributed by atoms with Gasteiger partial charge in [-0.25, -0.2) is 4.98 Å². The number of hydrogen-bond acceptors (Lipinski definition) is 5. The van der Waals surface area contributed by atoms with Gasteiger partial charge in [0.1, 0.15) is 12.2 Å². The summed E-state index contributed by atoms with van der Waals surface area (Å²) in [5.74, 6) is 0.00895. The number of carbonyl (C=O) groups is 1. The average Bonchev–Trinajstić information content (AvgIpc) is 3.23. The van der Waals surface area contributed by atoms with Crippen molar-refractivity contribution >= 4 is 51.0 Å². The van der Waals surface area contributed by atoms with Gasteiger partial charge >= 0.3 is 0 Å². The van der Waals surface area contributed by atoms with Gasteiger partial charge in [-0.2, -0.15) is 0 Å². The summed E-state index contributed by atoms with van der Waals surface area (Å²) >= 11 is 12.6. The van der Waals surface area contributed by atoms with Crippen molar-refractivity contribution in [1.82, 2.24) is 19.0 Å². The van der Waals surface area contributed by atoms with Crippen LogP contribution in [0.2, 0.25) is 10.0 Å². The van der Waals surface area contributed by atoms with E-state index in [4.69, 9.17) is 38.7 Å². The van der Waals surface area contributed by atoms with Crippen molar-refractivity contribution in [3.63, 3.8) is 0 Å². The molecule has 0 unspecified atom stereocenters. The van der Waals surface area contributed by atoms with Crippen LogP contribution >= 0.6 is 23.2 Å². The van der Waals surface area contributed by atoms with Crippen molar-refractivity contribution in [1.29, 1.82) is 0 Å². The third-order valence-electron chi connectivity index (χ3n) is 6.18. The van der Waals surface area contributed by atoms with Crippen LogP contribution in [0.5, 0.6) is 0 Å². The minimum atomic E-state index is -0.282. The summed E-state index contributed by atoms with van der Waals surface area (Å²) in [6.07, 6.45) is 1.83. The van der Waals surface area contributed by atoms with Gasteiger partial charge in [-0.1, -0.05) is 41.4 Å². The summed E-state index contributed by atoms with van der Waals surface area (Å²) in [5, 5.41) is 1.51. The molecule has 10 heteroatoms. The first-order chi connectivity index (χ1) is 17.4. The Morgan fingerprint density at radius 1 is 1.08 bits per heavy atom. The normalized spacial score (nSPS) is 11.5. The summed E-state index contributed by atoms with van der Waals surface area (Å²) in [6.45, 7) is 6.72. The average molecular weight is 530 g/mol. The Kier molecular flexibility index (Phi) is 8.31. The lowest BCUT2D eigenvalue weighted by Crippen LogP contribution is -2.33. The number of rotatable bonds is 10. The molecule has 2 N–H and O–H groups in total. The number of aromatic nitrogens is 3. The second-order valence-electron chi connectivity index (χ2n) is 8.33. The summed E-state index contributed by atoms with van der Waals surface area (Å²) in [5.41, 5.74) is 8.11. The number of fused-ring (bicyclic) bond motifs is 2. The zero-order valence-corrected chi connectivity index (χ0v) is 21.8. The van der Waals surface area contributed by atoms with E-state index in [0.29, 0.717) is 66.0 Å². The van der Waals surface area contributed by atoms with Gasteiger partial charge in [0.2, 0.25) is 5.91 Å². The van der Waals surface area contributed by atoms with Crippen molar-refractivity contribution in [3.05, 3.63) is 63.0 Å². The number of nitrogens with zero attached hydrogens (tertiary/aromatic N) is 4. The molecule has 0 atom stereocenters. The van der Waals surface area contributed by atoms with Crippen molar-refractivity contribution < 1.29 is 9.53 Å². The van der Waals surface area contributed by atoms with Crippen LogP contribution in [-0.2, 0) is 22.6 Å². The number of carbonyl (C=O) groups excluding carboxylic acids is 1. The first-order valence-electron chi connectivity index (χ1n) is 11.9. The lowest BCUT2D eigenvalue weighted by atomic mass is 10.1. The van der Waals surface area contributed by atoms with Gasteiger partial charge in [-0.3, -0.25) is 9.59 Å². The molecule has 0 radical (unpaired) electrons. The Morgan fingerprint density at radius 3 is 2.53 bits per heavy atom. The van der Waals surface area contributed by atoms with Gasteiger partial charge < -0.3 is 24.5 Å². The summed E-state index contributed by atoms with van der Waals surface area (Å²) in [7, 11) is 0. The van der Waals surface area contributed by atoms with Gasteiger partial charge in [0, 0.05) is 48.8 Å². The fourth-order valence-corrected chi connectivity index (χ4v) is 4.68. The van der Waals surface area contributed by atoms with E-state index in [2.05, 4.69) is 0 Å². The maximum absolute atomic E-state index is 13.8. The van der Waals surface area contributed by atoms with E-state index in [1.54, 1.807) is 21.6 Å². The number of halogens is 2. The predicted molar refractivity (Wildman–Crippen MR) is 145 cm³/mol. The number of para-hydroxylation sites is 1.